The summed E-state index contributed by atoms with van der Waals surface area (Å²) < 4.78 is 0. The molecule has 0 amide bonds. The molecule has 0 unspecified atom stereocenters. The van der Waals surface area contributed by atoms with Crippen molar-refractivity contribution in [3.63, 3.8) is 0 Å². The van der Waals surface area contributed by atoms with Crippen LogP contribution in [0.15, 0.2) is 30.8 Å². The van der Waals surface area contributed by atoms with Crippen LogP contribution >= 0.6 is 0 Å². The van der Waals surface area contributed by atoms with Crippen LogP contribution in [-0.2, 0) is 0 Å². The van der Waals surface area contributed by atoms with Gasteiger partial charge in [0.15, 0.2) is 0 Å². The molecule has 0 fully saturated rings. The molecule has 0 aliphatic carbocycles. The van der Waals surface area contributed by atoms with Gasteiger partial charge in [-0.05, 0) is 36.1 Å². The molecule has 1 aromatic rings. The number of hydrogen-bond acceptors (Lipinski definition) is 1. The SMILES string of the molecule is C=C(CCCCCCCCCCCCC)c1ccc(O)cc1. The molecule has 1 nitrogen and oxygen atoms in total. The van der Waals surface area contributed by atoms with E-state index in [1.54, 1.807) is 12.1 Å². The lowest BCUT2D eigenvalue weighted by Crippen LogP contribution is -1.85. The van der Waals surface area contributed by atoms with Crippen molar-refractivity contribution >= 4 is 5.57 Å². The monoisotopic (exact) mass is 302 g/mol. The van der Waals surface area contributed by atoms with E-state index < -0.39 is 0 Å². The Balaban J connectivity index is 1.93. The van der Waals surface area contributed by atoms with Gasteiger partial charge >= 0.3 is 0 Å². The van der Waals surface area contributed by atoms with Crippen LogP contribution in [0.3, 0.4) is 0 Å². The molecule has 0 radical (unpaired) electrons. The molecule has 0 saturated carbocycles. The van der Waals surface area contributed by atoms with Crippen molar-refractivity contribution in [1.29, 1.82) is 0 Å². The van der Waals surface area contributed by atoms with Crippen LogP contribution in [0.2, 0.25) is 0 Å². The summed E-state index contributed by atoms with van der Waals surface area (Å²) in [5.74, 6) is 0.325. The molecule has 0 spiro atoms. The van der Waals surface area contributed by atoms with Crippen molar-refractivity contribution in [2.45, 2.75) is 84.0 Å². The second-order valence-electron chi connectivity index (χ2n) is 6.44. The average molecular weight is 303 g/mol. The highest BCUT2D eigenvalue weighted by Crippen LogP contribution is 2.22. The Hall–Kier alpha value is -1.24. The van der Waals surface area contributed by atoms with E-state index in [1.165, 1.54) is 76.2 Å². The van der Waals surface area contributed by atoms with E-state index in [-0.39, 0.29) is 0 Å². The Morgan fingerprint density at radius 1 is 0.773 bits per heavy atom. The zero-order chi connectivity index (χ0) is 16.0. The Kier molecular flexibility index (Phi) is 10.5. The lowest BCUT2D eigenvalue weighted by molar-refractivity contribution is 0.475. The van der Waals surface area contributed by atoms with Crippen LogP contribution in [-0.4, -0.2) is 5.11 Å². The Morgan fingerprint density at radius 2 is 1.23 bits per heavy atom. The van der Waals surface area contributed by atoms with E-state index in [4.69, 9.17) is 0 Å². The summed E-state index contributed by atoms with van der Waals surface area (Å²) in [6.07, 6.45) is 16.2. The van der Waals surface area contributed by atoms with Crippen molar-refractivity contribution in [2.24, 2.45) is 0 Å². The maximum Gasteiger partial charge on any atom is 0.115 e. The molecule has 0 atom stereocenters. The fourth-order valence-corrected chi connectivity index (χ4v) is 2.84. The number of unbranched alkanes of at least 4 members (excludes halogenated alkanes) is 10. The molecule has 1 rings (SSSR count). The fraction of sp³-hybridized carbons (Fsp3) is 0.619. The zero-order valence-corrected chi connectivity index (χ0v) is 14.4. The lowest BCUT2D eigenvalue weighted by Gasteiger charge is -2.06. The van der Waals surface area contributed by atoms with Crippen molar-refractivity contribution in [3.8, 4) is 5.75 Å². The first-order valence-electron chi connectivity index (χ1n) is 9.21. The number of allylic oxidation sites excluding steroid dienone is 1. The van der Waals surface area contributed by atoms with Gasteiger partial charge in [-0.25, -0.2) is 0 Å². The quantitative estimate of drug-likeness (QED) is 0.385. The summed E-state index contributed by atoms with van der Waals surface area (Å²) in [7, 11) is 0. The molecule has 1 N–H and O–H groups in total. The number of aromatic hydroxyl groups is 1. The van der Waals surface area contributed by atoms with E-state index in [0.29, 0.717) is 5.75 Å². The second-order valence-corrected chi connectivity index (χ2v) is 6.44. The number of phenolic OH excluding ortho intramolecular Hbond substituents is 1. The van der Waals surface area contributed by atoms with Gasteiger partial charge in [0.25, 0.3) is 0 Å². The van der Waals surface area contributed by atoms with E-state index >= 15 is 0 Å². The Bertz CT molecular complexity index is 391. The summed E-state index contributed by atoms with van der Waals surface area (Å²) in [5.41, 5.74) is 2.35. The first-order chi connectivity index (χ1) is 10.7. The third-order valence-corrected chi connectivity index (χ3v) is 4.36. The third-order valence-electron chi connectivity index (χ3n) is 4.36. The predicted molar refractivity (Wildman–Crippen MR) is 98.2 cm³/mol. The van der Waals surface area contributed by atoms with Gasteiger partial charge in [-0.1, -0.05) is 89.8 Å². The molecule has 0 bridgehead atoms. The Labute approximate surface area is 137 Å². The summed E-state index contributed by atoms with van der Waals surface area (Å²) in [4.78, 5) is 0. The summed E-state index contributed by atoms with van der Waals surface area (Å²) in [5, 5.41) is 9.29. The average Bonchev–Trinajstić information content (AvgIpc) is 2.53. The van der Waals surface area contributed by atoms with Crippen molar-refractivity contribution in [3.05, 3.63) is 36.4 Å². The van der Waals surface area contributed by atoms with Crippen molar-refractivity contribution in [1.82, 2.24) is 0 Å². The van der Waals surface area contributed by atoms with E-state index in [9.17, 15) is 5.11 Å². The van der Waals surface area contributed by atoms with Crippen LogP contribution in [0, 0.1) is 0 Å². The minimum absolute atomic E-state index is 0.325. The molecule has 0 aliphatic heterocycles. The molecule has 124 valence electrons. The molecule has 1 heteroatoms. The highest BCUT2D eigenvalue weighted by molar-refractivity contribution is 5.63. The van der Waals surface area contributed by atoms with Crippen LogP contribution in [0.5, 0.6) is 5.75 Å². The minimum atomic E-state index is 0.325. The van der Waals surface area contributed by atoms with Gasteiger partial charge in [-0.15, -0.1) is 0 Å². The van der Waals surface area contributed by atoms with Crippen molar-refractivity contribution in [2.75, 3.05) is 0 Å². The number of hydrogen-bond donors (Lipinski definition) is 1. The summed E-state index contributed by atoms with van der Waals surface area (Å²) >= 11 is 0. The highest BCUT2D eigenvalue weighted by atomic mass is 16.3. The number of benzene rings is 1. The molecule has 22 heavy (non-hydrogen) atoms. The molecular weight excluding hydrogens is 268 g/mol. The van der Waals surface area contributed by atoms with Gasteiger partial charge in [-0.3, -0.25) is 0 Å². The van der Waals surface area contributed by atoms with Gasteiger partial charge < -0.3 is 5.11 Å². The largest absolute Gasteiger partial charge is 0.508 e. The van der Waals surface area contributed by atoms with E-state index in [1.807, 2.05) is 12.1 Å². The maximum atomic E-state index is 9.29. The van der Waals surface area contributed by atoms with Crippen LogP contribution in [0.1, 0.15) is 89.5 Å². The Morgan fingerprint density at radius 3 is 1.73 bits per heavy atom. The van der Waals surface area contributed by atoms with Crippen molar-refractivity contribution < 1.29 is 5.11 Å². The normalized spacial score (nSPS) is 10.8. The van der Waals surface area contributed by atoms with Gasteiger partial charge in [0.1, 0.15) is 5.75 Å². The predicted octanol–water partition coefficient (Wildman–Crippen LogP) is 7.11. The molecule has 0 aromatic heterocycles. The molecular formula is C21H34O. The fourth-order valence-electron chi connectivity index (χ4n) is 2.84. The van der Waals surface area contributed by atoms with E-state index in [0.717, 1.165) is 12.0 Å². The zero-order valence-electron chi connectivity index (χ0n) is 14.4. The second kappa shape index (κ2) is 12.3. The number of rotatable bonds is 13. The maximum absolute atomic E-state index is 9.29. The number of phenols is 1. The van der Waals surface area contributed by atoms with Gasteiger partial charge in [0.05, 0.1) is 0 Å². The van der Waals surface area contributed by atoms with Gasteiger partial charge in [-0.2, -0.15) is 0 Å². The van der Waals surface area contributed by atoms with Crippen LogP contribution in [0.4, 0.5) is 0 Å². The molecule has 0 heterocycles. The first kappa shape index (κ1) is 18.8. The van der Waals surface area contributed by atoms with E-state index in [2.05, 4.69) is 13.5 Å². The van der Waals surface area contributed by atoms with Gasteiger partial charge in [0, 0.05) is 0 Å². The standard InChI is InChI=1S/C21H34O/c1-3-4-5-6-7-8-9-10-11-12-13-14-19(2)20-15-17-21(22)18-16-20/h15-18,22H,2-14H2,1H3. The first-order valence-corrected chi connectivity index (χ1v) is 9.21. The van der Waals surface area contributed by atoms with Gasteiger partial charge in [0.2, 0.25) is 0 Å². The summed E-state index contributed by atoms with van der Waals surface area (Å²) in [6, 6.07) is 7.38. The van der Waals surface area contributed by atoms with Crippen LogP contribution in [0.25, 0.3) is 5.57 Å². The molecule has 0 aliphatic rings. The molecule has 0 saturated heterocycles. The lowest BCUT2D eigenvalue weighted by atomic mass is 10.00. The smallest absolute Gasteiger partial charge is 0.115 e. The third kappa shape index (κ3) is 8.92. The molecule has 1 aromatic carbocycles. The van der Waals surface area contributed by atoms with Crippen LogP contribution < -0.4 is 0 Å². The summed E-state index contributed by atoms with van der Waals surface area (Å²) in [6.45, 7) is 6.43. The topological polar surface area (TPSA) is 20.2 Å². The minimum Gasteiger partial charge on any atom is -0.508 e. The highest BCUT2D eigenvalue weighted by Gasteiger charge is 1.99.